The molecular weight excluding hydrogens is 174 g/mol. The third-order valence-corrected chi connectivity index (χ3v) is 2.40. The van der Waals surface area contributed by atoms with Crippen molar-refractivity contribution in [2.75, 3.05) is 0 Å². The summed E-state index contributed by atoms with van der Waals surface area (Å²) in [5, 5.41) is 8.73. The minimum atomic E-state index is 0.341. The Balaban J connectivity index is 3.99. The summed E-state index contributed by atoms with van der Waals surface area (Å²) in [5.74, 6) is 0. The quantitative estimate of drug-likeness (QED) is 0.369. The van der Waals surface area contributed by atoms with Crippen LogP contribution in [0.5, 0.6) is 0 Å². The number of aliphatic hydroxyl groups excluding tert-OH is 1. The summed E-state index contributed by atoms with van der Waals surface area (Å²) in [7, 11) is 0. The van der Waals surface area contributed by atoms with Gasteiger partial charge in [-0.25, -0.2) is 0 Å². The molecule has 1 N–H and O–H groups in total. The Kier molecular flexibility index (Phi) is 4.34. The van der Waals surface area contributed by atoms with E-state index in [0.29, 0.717) is 9.20 Å². The zero-order chi connectivity index (χ0) is 6.57. The van der Waals surface area contributed by atoms with Gasteiger partial charge in [0.25, 0.3) is 0 Å². The predicted molar refractivity (Wildman–Crippen MR) is 34.2 cm³/mol. The molecule has 0 aromatic heterocycles. The number of thiol groups is 1. The van der Waals surface area contributed by atoms with Crippen LogP contribution in [-0.4, -0.2) is 9.40 Å². The first-order chi connectivity index (χ1) is 3.68. The van der Waals surface area contributed by atoms with Crippen molar-refractivity contribution in [3.05, 3.63) is 23.6 Å². The van der Waals surface area contributed by atoms with E-state index in [4.69, 9.17) is 5.11 Å². The van der Waals surface area contributed by atoms with E-state index in [9.17, 15) is 0 Å². The first-order valence-corrected chi connectivity index (χ1v) is 4.01. The molecule has 0 bridgehead atoms. The molecule has 1 nitrogen and oxygen atoms in total. The molecule has 0 rings (SSSR count). The summed E-state index contributed by atoms with van der Waals surface area (Å²) in [6, 6.07) is 0. The molecule has 0 aliphatic heterocycles. The van der Waals surface area contributed by atoms with Gasteiger partial charge in [-0.05, 0) is 0 Å². The Morgan fingerprint density at radius 1 is 1.75 bits per heavy atom. The summed E-state index contributed by atoms with van der Waals surface area (Å²) in [5.41, 5.74) is 0. The van der Waals surface area contributed by atoms with Crippen molar-refractivity contribution in [2.45, 2.75) is 0 Å². The van der Waals surface area contributed by atoms with Crippen LogP contribution >= 0.6 is 12.6 Å². The molecule has 0 atom stereocenters. The number of aliphatic hydroxyl groups is 1. The summed E-state index contributed by atoms with van der Waals surface area (Å²) < 4.78 is 0.341. The molecular formula is C5H6OSZn. The van der Waals surface area contributed by atoms with Gasteiger partial charge in [0.15, 0.2) is 0 Å². The molecule has 8 heavy (non-hydrogen) atoms. The number of allylic oxidation sites excluding steroid dienone is 2. The fourth-order valence-electron chi connectivity index (χ4n) is 0.208. The summed E-state index contributed by atoms with van der Waals surface area (Å²) in [6.07, 6.45) is 3.25. The Labute approximate surface area is 63.7 Å². The van der Waals surface area contributed by atoms with E-state index in [1.165, 1.54) is 0 Å². The van der Waals surface area contributed by atoms with Crippen LogP contribution in [0.1, 0.15) is 0 Å². The van der Waals surface area contributed by atoms with Crippen molar-refractivity contribution < 1.29 is 23.0 Å². The van der Waals surface area contributed by atoms with Crippen LogP contribution in [0.3, 0.4) is 0 Å². The second-order valence-electron chi connectivity index (χ2n) is 1.23. The van der Waals surface area contributed by atoms with E-state index in [1.807, 2.05) is 0 Å². The van der Waals surface area contributed by atoms with Crippen molar-refractivity contribution in [1.29, 1.82) is 0 Å². The van der Waals surface area contributed by atoms with E-state index >= 15 is 0 Å². The van der Waals surface area contributed by atoms with Gasteiger partial charge in [0.1, 0.15) is 0 Å². The molecule has 0 saturated heterocycles. The van der Waals surface area contributed by atoms with Gasteiger partial charge in [-0.15, -0.1) is 0 Å². The summed E-state index contributed by atoms with van der Waals surface area (Å²) >= 11 is 4.68. The number of hydrogen-bond donors (Lipinski definition) is 2. The fourth-order valence-corrected chi connectivity index (χ4v) is 0.560. The standard InChI is InChI=1S/C5H6OS.Zn/c1-2-3-5(7)4-6;/h2-3,6-7H,1H2;/b5-3+;. The van der Waals surface area contributed by atoms with Crippen molar-refractivity contribution in [3.8, 4) is 0 Å². The third kappa shape index (κ3) is 3.31. The molecule has 3 heteroatoms. The van der Waals surface area contributed by atoms with Gasteiger partial charge in [-0.2, -0.15) is 0 Å². The topological polar surface area (TPSA) is 20.2 Å². The molecule has 0 spiro atoms. The SMILES string of the molecule is C=C/C=C(/S)[C](O)=[Zn]. The van der Waals surface area contributed by atoms with Crippen LogP contribution in [0.25, 0.3) is 0 Å². The fraction of sp³-hybridized carbons (Fsp3) is 0. The maximum absolute atomic E-state index is 8.73. The molecule has 0 amide bonds. The van der Waals surface area contributed by atoms with Gasteiger partial charge in [-0.1, -0.05) is 0 Å². The van der Waals surface area contributed by atoms with Crippen molar-refractivity contribution >= 4 is 16.9 Å². The molecule has 0 aromatic carbocycles. The number of hydrogen-bond acceptors (Lipinski definition) is 2. The van der Waals surface area contributed by atoms with E-state index < -0.39 is 0 Å². The first kappa shape index (κ1) is 8.28. The zero-order valence-corrected chi connectivity index (χ0v) is 8.32. The Bertz CT molecular complexity index is 139. The molecule has 0 aliphatic rings. The van der Waals surface area contributed by atoms with Gasteiger partial charge >= 0.3 is 63.5 Å². The summed E-state index contributed by atoms with van der Waals surface area (Å²) in [4.78, 5) is 0.611. The van der Waals surface area contributed by atoms with Crippen LogP contribution < -0.4 is 0 Å². The van der Waals surface area contributed by atoms with Gasteiger partial charge in [0.2, 0.25) is 0 Å². The molecule has 40 valence electrons. The van der Waals surface area contributed by atoms with Crippen LogP contribution in [0.2, 0.25) is 0 Å². The molecule has 0 heterocycles. The van der Waals surface area contributed by atoms with Gasteiger partial charge in [-0.3, -0.25) is 0 Å². The Hall–Kier alpha value is 0.283. The second-order valence-corrected chi connectivity index (χ2v) is 3.12. The molecule has 0 fully saturated rings. The van der Waals surface area contributed by atoms with Gasteiger partial charge < -0.3 is 0 Å². The normalized spacial score (nSPS) is 11.2. The maximum atomic E-state index is 8.73. The second kappa shape index (κ2) is 4.19. The minimum absolute atomic E-state index is 0.341. The van der Waals surface area contributed by atoms with E-state index in [-0.39, 0.29) is 0 Å². The predicted octanol–water partition coefficient (Wildman–Crippen LogP) is 1.04. The monoisotopic (exact) mass is 178 g/mol. The van der Waals surface area contributed by atoms with Crippen molar-refractivity contribution in [2.24, 2.45) is 0 Å². The molecule has 0 radical (unpaired) electrons. The zero-order valence-electron chi connectivity index (χ0n) is 4.46. The van der Waals surface area contributed by atoms with E-state index in [2.05, 4.69) is 19.2 Å². The summed E-state index contributed by atoms with van der Waals surface area (Å²) in [6.45, 7) is 3.45. The Morgan fingerprint density at radius 3 is 2.38 bits per heavy atom. The molecule has 0 aromatic rings. The average molecular weight is 180 g/mol. The van der Waals surface area contributed by atoms with E-state index in [0.717, 1.165) is 17.9 Å². The first-order valence-electron chi connectivity index (χ1n) is 2.08. The van der Waals surface area contributed by atoms with Gasteiger partial charge in [0, 0.05) is 0 Å². The van der Waals surface area contributed by atoms with Crippen LogP contribution in [0, 0.1) is 0 Å². The van der Waals surface area contributed by atoms with Crippen LogP contribution in [0.15, 0.2) is 23.6 Å². The van der Waals surface area contributed by atoms with Crippen molar-refractivity contribution in [3.63, 3.8) is 0 Å². The Morgan fingerprint density at radius 2 is 2.25 bits per heavy atom. The molecule has 0 aliphatic carbocycles. The van der Waals surface area contributed by atoms with Crippen molar-refractivity contribution in [1.82, 2.24) is 0 Å². The molecule has 0 saturated carbocycles. The molecule has 0 unspecified atom stereocenters. The van der Waals surface area contributed by atoms with Crippen LogP contribution in [-0.2, 0) is 17.9 Å². The third-order valence-electron chi connectivity index (χ3n) is 0.571. The van der Waals surface area contributed by atoms with Crippen LogP contribution in [0.4, 0.5) is 0 Å². The number of rotatable bonds is 2. The van der Waals surface area contributed by atoms with Gasteiger partial charge in [0.05, 0.1) is 0 Å². The van der Waals surface area contributed by atoms with E-state index in [1.54, 1.807) is 12.2 Å². The average Bonchev–Trinajstić information content (AvgIpc) is 1.67.